The lowest BCUT2D eigenvalue weighted by Crippen LogP contribution is -2.51. The zero-order valence-electron chi connectivity index (χ0n) is 16.5. The van der Waals surface area contributed by atoms with Crippen LogP contribution in [0.4, 0.5) is 0 Å². The SMILES string of the molecule is CC(C)CC(NC(=O)c1ccccc1Sc1cccs1)C(=O)N[C@H]1CCO[C@@H]1O. The Labute approximate surface area is 179 Å². The summed E-state index contributed by atoms with van der Waals surface area (Å²) in [4.78, 5) is 26.7. The number of hydrogen-bond acceptors (Lipinski definition) is 6. The molecule has 2 heterocycles. The lowest BCUT2D eigenvalue weighted by Gasteiger charge is -2.23. The first-order chi connectivity index (χ1) is 13.9. The van der Waals surface area contributed by atoms with Gasteiger partial charge in [0.05, 0.1) is 22.4 Å². The molecule has 1 saturated heterocycles. The Kier molecular flexibility index (Phi) is 7.71. The molecule has 0 radical (unpaired) electrons. The van der Waals surface area contributed by atoms with Gasteiger partial charge < -0.3 is 20.5 Å². The third-order valence-electron chi connectivity index (χ3n) is 4.56. The van der Waals surface area contributed by atoms with Gasteiger partial charge in [0.1, 0.15) is 6.04 Å². The Morgan fingerprint density at radius 1 is 1.28 bits per heavy atom. The predicted molar refractivity (Wildman–Crippen MR) is 114 cm³/mol. The molecule has 8 heteroatoms. The Bertz CT molecular complexity index is 826. The Balaban J connectivity index is 1.72. The highest BCUT2D eigenvalue weighted by Crippen LogP contribution is 2.33. The second-order valence-corrected chi connectivity index (χ2v) is 9.64. The summed E-state index contributed by atoms with van der Waals surface area (Å²) in [6.45, 7) is 4.40. The van der Waals surface area contributed by atoms with Gasteiger partial charge in [-0.05, 0) is 42.3 Å². The standard InChI is InChI=1S/C21H26N2O4S2/c1-13(2)12-16(20(25)22-15-9-10-27-21(15)26)23-19(24)14-6-3-4-7-17(14)29-18-8-5-11-28-18/h3-8,11,13,15-16,21,26H,9-10,12H2,1-2H3,(H,22,25)(H,23,24)/t15-,16?,21-/m0/s1. The highest BCUT2D eigenvalue weighted by atomic mass is 32.2. The summed E-state index contributed by atoms with van der Waals surface area (Å²) in [6.07, 6.45) is 0.0501. The molecule has 0 aliphatic carbocycles. The molecule has 1 aliphatic rings. The molecule has 1 aromatic carbocycles. The summed E-state index contributed by atoms with van der Waals surface area (Å²) >= 11 is 3.15. The summed E-state index contributed by atoms with van der Waals surface area (Å²) in [7, 11) is 0. The second kappa shape index (κ2) is 10.2. The minimum atomic E-state index is -1.00. The van der Waals surface area contributed by atoms with Crippen molar-refractivity contribution in [2.45, 2.75) is 54.2 Å². The average molecular weight is 435 g/mol. The molecule has 0 bridgehead atoms. The van der Waals surface area contributed by atoms with Gasteiger partial charge in [0.25, 0.3) is 5.91 Å². The van der Waals surface area contributed by atoms with Crippen molar-refractivity contribution in [2.75, 3.05) is 6.61 Å². The highest BCUT2D eigenvalue weighted by Gasteiger charge is 2.31. The van der Waals surface area contributed by atoms with Gasteiger partial charge in [0.2, 0.25) is 5.91 Å². The maximum absolute atomic E-state index is 13.0. The molecule has 0 saturated carbocycles. The number of thiophene rings is 1. The van der Waals surface area contributed by atoms with Gasteiger partial charge in [-0.25, -0.2) is 0 Å². The summed E-state index contributed by atoms with van der Waals surface area (Å²) in [6, 6.07) is 10.2. The maximum atomic E-state index is 13.0. The van der Waals surface area contributed by atoms with E-state index in [0.29, 0.717) is 25.0 Å². The van der Waals surface area contributed by atoms with Gasteiger partial charge in [-0.2, -0.15) is 0 Å². The molecule has 2 amide bonds. The molecule has 156 valence electrons. The molecule has 1 fully saturated rings. The predicted octanol–water partition coefficient (Wildman–Crippen LogP) is 3.27. The number of hydrogen-bond donors (Lipinski definition) is 3. The van der Waals surface area contributed by atoms with Crippen LogP contribution in [0.15, 0.2) is 50.9 Å². The topological polar surface area (TPSA) is 87.7 Å². The summed E-state index contributed by atoms with van der Waals surface area (Å²) in [5.41, 5.74) is 0.539. The van der Waals surface area contributed by atoms with E-state index in [2.05, 4.69) is 10.6 Å². The van der Waals surface area contributed by atoms with Crippen molar-refractivity contribution >= 4 is 34.9 Å². The number of benzene rings is 1. The van der Waals surface area contributed by atoms with Gasteiger partial charge in [-0.3, -0.25) is 9.59 Å². The van der Waals surface area contributed by atoms with Crippen LogP contribution in [0.2, 0.25) is 0 Å². The van der Waals surface area contributed by atoms with Crippen LogP contribution < -0.4 is 10.6 Å². The number of amides is 2. The largest absolute Gasteiger partial charge is 0.366 e. The van der Waals surface area contributed by atoms with Gasteiger partial charge >= 0.3 is 0 Å². The van der Waals surface area contributed by atoms with Crippen molar-refractivity contribution in [3.63, 3.8) is 0 Å². The minimum Gasteiger partial charge on any atom is -0.366 e. The third-order valence-corrected chi connectivity index (χ3v) is 6.67. The average Bonchev–Trinajstić information content (AvgIpc) is 3.33. The van der Waals surface area contributed by atoms with E-state index < -0.39 is 18.4 Å². The Morgan fingerprint density at radius 3 is 2.72 bits per heavy atom. The summed E-state index contributed by atoms with van der Waals surface area (Å²) in [5.74, 6) is -0.370. The van der Waals surface area contributed by atoms with Crippen molar-refractivity contribution in [3.05, 3.63) is 47.3 Å². The van der Waals surface area contributed by atoms with E-state index in [9.17, 15) is 14.7 Å². The molecule has 1 aliphatic heterocycles. The van der Waals surface area contributed by atoms with Crippen LogP contribution in [0.5, 0.6) is 0 Å². The van der Waals surface area contributed by atoms with Gasteiger partial charge in [0, 0.05) is 4.90 Å². The van der Waals surface area contributed by atoms with Crippen molar-refractivity contribution in [2.24, 2.45) is 5.92 Å². The van der Waals surface area contributed by atoms with Gasteiger partial charge in [0.15, 0.2) is 6.29 Å². The van der Waals surface area contributed by atoms with E-state index in [4.69, 9.17) is 4.74 Å². The Hall–Kier alpha value is -1.87. The molecule has 6 nitrogen and oxygen atoms in total. The first-order valence-electron chi connectivity index (χ1n) is 9.65. The number of aliphatic hydroxyl groups is 1. The number of ether oxygens (including phenoxy) is 1. The highest BCUT2D eigenvalue weighted by molar-refractivity contribution is 8.01. The van der Waals surface area contributed by atoms with E-state index in [1.54, 1.807) is 17.4 Å². The molecule has 3 atom stereocenters. The van der Waals surface area contributed by atoms with Crippen LogP contribution in [0.3, 0.4) is 0 Å². The molecule has 29 heavy (non-hydrogen) atoms. The van der Waals surface area contributed by atoms with Crippen LogP contribution in [0, 0.1) is 5.92 Å². The second-order valence-electron chi connectivity index (χ2n) is 7.35. The zero-order chi connectivity index (χ0) is 20.8. The van der Waals surface area contributed by atoms with Crippen LogP contribution in [-0.2, 0) is 9.53 Å². The molecule has 0 spiro atoms. The molecule has 1 unspecified atom stereocenters. The lowest BCUT2D eigenvalue weighted by atomic mass is 10.0. The summed E-state index contributed by atoms with van der Waals surface area (Å²) in [5, 5.41) is 17.5. The van der Waals surface area contributed by atoms with Crippen molar-refractivity contribution in [1.29, 1.82) is 0 Å². The number of carbonyl (C=O) groups excluding carboxylic acids is 2. The fourth-order valence-electron chi connectivity index (χ4n) is 3.11. The van der Waals surface area contributed by atoms with Gasteiger partial charge in [-0.15, -0.1) is 11.3 Å². The minimum absolute atomic E-state index is 0.214. The summed E-state index contributed by atoms with van der Waals surface area (Å²) < 4.78 is 6.19. The molecule has 1 aromatic heterocycles. The fourth-order valence-corrected chi connectivity index (χ4v) is 4.97. The van der Waals surface area contributed by atoms with Crippen molar-refractivity contribution in [3.8, 4) is 0 Å². The lowest BCUT2D eigenvalue weighted by molar-refractivity contribution is -0.127. The molecular weight excluding hydrogens is 408 g/mol. The molecular formula is C21H26N2O4S2. The van der Waals surface area contributed by atoms with Crippen LogP contribution >= 0.6 is 23.1 Å². The number of nitrogens with one attached hydrogen (secondary N) is 2. The van der Waals surface area contributed by atoms with E-state index in [1.165, 1.54) is 11.8 Å². The number of carbonyl (C=O) groups is 2. The number of aliphatic hydroxyl groups excluding tert-OH is 1. The van der Waals surface area contributed by atoms with E-state index in [0.717, 1.165) is 9.10 Å². The molecule has 3 rings (SSSR count). The van der Waals surface area contributed by atoms with E-state index >= 15 is 0 Å². The van der Waals surface area contributed by atoms with Crippen molar-refractivity contribution < 1.29 is 19.4 Å². The van der Waals surface area contributed by atoms with E-state index in [1.807, 2.05) is 49.6 Å². The van der Waals surface area contributed by atoms with E-state index in [-0.39, 0.29) is 17.7 Å². The third kappa shape index (κ3) is 6.05. The Morgan fingerprint density at radius 2 is 2.07 bits per heavy atom. The molecule has 3 N–H and O–H groups in total. The quantitative estimate of drug-likeness (QED) is 0.594. The first kappa shape index (κ1) is 21.8. The monoisotopic (exact) mass is 434 g/mol. The van der Waals surface area contributed by atoms with Crippen molar-refractivity contribution in [1.82, 2.24) is 10.6 Å². The van der Waals surface area contributed by atoms with Crippen LogP contribution in [0.25, 0.3) is 0 Å². The van der Waals surface area contributed by atoms with Gasteiger partial charge in [-0.1, -0.05) is 43.8 Å². The first-order valence-corrected chi connectivity index (χ1v) is 11.3. The molecule has 2 aromatic rings. The smallest absolute Gasteiger partial charge is 0.253 e. The fraction of sp³-hybridized carbons (Fsp3) is 0.429. The van der Waals surface area contributed by atoms with Crippen LogP contribution in [-0.4, -0.2) is 41.9 Å². The zero-order valence-corrected chi connectivity index (χ0v) is 18.1. The normalized spacial score (nSPS) is 19.9. The number of rotatable bonds is 8. The van der Waals surface area contributed by atoms with Crippen LogP contribution in [0.1, 0.15) is 37.0 Å². The maximum Gasteiger partial charge on any atom is 0.253 e.